The van der Waals surface area contributed by atoms with E-state index in [2.05, 4.69) is 94.9 Å². The van der Waals surface area contributed by atoms with Crippen LogP contribution in [0.1, 0.15) is 0 Å². The largest absolute Gasteiger partial charge is 0.354 e. The minimum absolute atomic E-state index is 1.18. The van der Waals surface area contributed by atoms with Crippen LogP contribution in [0.15, 0.2) is 94.7 Å². The van der Waals surface area contributed by atoms with Gasteiger partial charge in [0.15, 0.2) is 0 Å². The van der Waals surface area contributed by atoms with Gasteiger partial charge in [-0.05, 0) is 24.3 Å². The number of hydrogen-bond acceptors (Lipinski definition) is 1. The van der Waals surface area contributed by atoms with E-state index >= 15 is 0 Å². The molecule has 0 amide bonds. The Kier molecular flexibility index (Phi) is 3.13. The summed E-state index contributed by atoms with van der Waals surface area (Å²) in [6.07, 6.45) is 0. The van der Waals surface area contributed by atoms with E-state index in [-0.39, 0.29) is 0 Å². The lowest BCUT2D eigenvalue weighted by Gasteiger charge is -2.05. The molecule has 0 saturated heterocycles. The molecule has 0 radical (unpaired) electrons. The molecule has 0 atom stereocenters. The predicted molar refractivity (Wildman–Crippen MR) is 116 cm³/mol. The third kappa shape index (κ3) is 2.22. The van der Waals surface area contributed by atoms with Crippen molar-refractivity contribution in [2.45, 2.75) is 9.79 Å². The van der Waals surface area contributed by atoms with Gasteiger partial charge in [0, 0.05) is 42.4 Å². The molecule has 27 heavy (non-hydrogen) atoms. The Bertz CT molecular complexity index is 1340. The summed E-state index contributed by atoms with van der Waals surface area (Å²) in [6, 6.07) is 30.1. The number of hydrogen-bond donors (Lipinski definition) is 2. The number of benzene rings is 4. The first-order valence-corrected chi connectivity index (χ1v) is 9.87. The Hall–Kier alpha value is -3.17. The zero-order valence-corrected chi connectivity index (χ0v) is 15.3. The van der Waals surface area contributed by atoms with E-state index in [1.54, 1.807) is 0 Å². The van der Waals surface area contributed by atoms with Gasteiger partial charge in [0.25, 0.3) is 0 Å². The highest BCUT2D eigenvalue weighted by Gasteiger charge is 2.12. The van der Waals surface area contributed by atoms with Crippen molar-refractivity contribution in [1.82, 2.24) is 9.97 Å². The second-order valence-electron chi connectivity index (χ2n) is 6.80. The Morgan fingerprint density at radius 3 is 1.41 bits per heavy atom. The van der Waals surface area contributed by atoms with Crippen molar-refractivity contribution in [3.8, 4) is 0 Å². The third-order valence-corrected chi connectivity index (χ3v) is 6.35. The molecule has 128 valence electrons. The monoisotopic (exact) mass is 364 g/mol. The van der Waals surface area contributed by atoms with E-state index in [9.17, 15) is 0 Å². The summed E-state index contributed by atoms with van der Waals surface area (Å²) >= 11 is 1.81. The normalized spacial score (nSPS) is 11.9. The standard InChI is InChI=1S/C24H16N2S/c1-3-11-19-15(7-1)17-9-5-13-21(23(17)25-19)27-22-14-6-10-18-16-8-2-4-12-20(16)26-24(18)22/h1-14,25-26H. The molecule has 0 saturated carbocycles. The average Bonchev–Trinajstić information content (AvgIpc) is 3.28. The molecule has 0 bridgehead atoms. The van der Waals surface area contributed by atoms with E-state index in [1.165, 1.54) is 53.4 Å². The molecule has 6 rings (SSSR count). The summed E-state index contributed by atoms with van der Waals surface area (Å²) in [7, 11) is 0. The van der Waals surface area contributed by atoms with Gasteiger partial charge >= 0.3 is 0 Å². The minimum Gasteiger partial charge on any atom is -0.354 e. The molecule has 2 heterocycles. The second-order valence-corrected chi connectivity index (χ2v) is 7.88. The maximum atomic E-state index is 3.61. The molecule has 2 nitrogen and oxygen atoms in total. The molecule has 0 aliphatic carbocycles. The smallest absolute Gasteiger partial charge is 0.0606 e. The fraction of sp³-hybridized carbons (Fsp3) is 0. The van der Waals surface area contributed by atoms with Gasteiger partial charge in [-0.2, -0.15) is 0 Å². The number of para-hydroxylation sites is 4. The fourth-order valence-electron chi connectivity index (χ4n) is 3.98. The highest BCUT2D eigenvalue weighted by molar-refractivity contribution is 7.99. The van der Waals surface area contributed by atoms with E-state index < -0.39 is 0 Å². The Balaban J connectivity index is 1.57. The predicted octanol–water partition coefficient (Wildman–Crippen LogP) is 7.11. The number of aromatic amines is 2. The summed E-state index contributed by atoms with van der Waals surface area (Å²) in [5, 5.41) is 5.11. The molecule has 4 aromatic carbocycles. The molecule has 0 aliphatic heterocycles. The van der Waals surface area contributed by atoms with Crippen LogP contribution in [-0.4, -0.2) is 9.97 Å². The topological polar surface area (TPSA) is 31.6 Å². The van der Waals surface area contributed by atoms with Crippen molar-refractivity contribution >= 4 is 55.4 Å². The molecule has 6 aromatic rings. The third-order valence-electron chi connectivity index (χ3n) is 5.23. The summed E-state index contributed by atoms with van der Waals surface area (Å²) in [5.41, 5.74) is 4.78. The molecule has 0 spiro atoms. The van der Waals surface area contributed by atoms with Crippen molar-refractivity contribution in [1.29, 1.82) is 0 Å². The molecule has 0 aliphatic rings. The SMILES string of the molecule is c1ccc2c(c1)[nH]c1c(Sc3cccc4c3[nH]c3ccccc34)cccc12. The van der Waals surface area contributed by atoms with Gasteiger partial charge in [0.2, 0.25) is 0 Å². The van der Waals surface area contributed by atoms with E-state index in [1.807, 2.05) is 11.8 Å². The van der Waals surface area contributed by atoms with Crippen molar-refractivity contribution in [2.24, 2.45) is 0 Å². The summed E-state index contributed by atoms with van der Waals surface area (Å²) in [6.45, 7) is 0. The Labute approximate surface area is 160 Å². The number of nitrogens with one attached hydrogen (secondary N) is 2. The average molecular weight is 364 g/mol. The maximum Gasteiger partial charge on any atom is 0.0606 e. The van der Waals surface area contributed by atoms with Gasteiger partial charge in [0.1, 0.15) is 0 Å². The lowest BCUT2D eigenvalue weighted by atomic mass is 10.1. The zero-order valence-electron chi connectivity index (χ0n) is 14.5. The van der Waals surface area contributed by atoms with Gasteiger partial charge < -0.3 is 9.97 Å². The van der Waals surface area contributed by atoms with Gasteiger partial charge in [-0.3, -0.25) is 0 Å². The van der Waals surface area contributed by atoms with Crippen LogP contribution in [0.3, 0.4) is 0 Å². The summed E-state index contributed by atoms with van der Waals surface area (Å²) in [4.78, 5) is 9.71. The van der Waals surface area contributed by atoms with Crippen molar-refractivity contribution in [3.63, 3.8) is 0 Å². The molecule has 3 heteroatoms. The van der Waals surface area contributed by atoms with Crippen molar-refractivity contribution in [3.05, 3.63) is 84.9 Å². The first-order chi connectivity index (χ1) is 13.4. The van der Waals surface area contributed by atoms with Crippen LogP contribution in [0.25, 0.3) is 43.6 Å². The molecule has 2 aromatic heterocycles. The van der Waals surface area contributed by atoms with Crippen LogP contribution >= 0.6 is 11.8 Å². The molecule has 0 unspecified atom stereocenters. The highest BCUT2D eigenvalue weighted by Crippen LogP contribution is 2.40. The van der Waals surface area contributed by atoms with Crippen LogP contribution in [-0.2, 0) is 0 Å². The van der Waals surface area contributed by atoms with E-state index in [0.29, 0.717) is 0 Å². The lowest BCUT2D eigenvalue weighted by Crippen LogP contribution is -1.79. The second kappa shape index (κ2) is 5.66. The van der Waals surface area contributed by atoms with Crippen LogP contribution in [0.4, 0.5) is 0 Å². The maximum absolute atomic E-state index is 3.61. The lowest BCUT2D eigenvalue weighted by molar-refractivity contribution is 1.41. The summed E-state index contributed by atoms with van der Waals surface area (Å²) in [5.74, 6) is 0. The van der Waals surface area contributed by atoms with E-state index in [0.717, 1.165) is 0 Å². The van der Waals surface area contributed by atoms with Gasteiger partial charge in [0.05, 0.1) is 11.0 Å². The number of rotatable bonds is 2. The quantitative estimate of drug-likeness (QED) is 0.337. The summed E-state index contributed by atoms with van der Waals surface area (Å²) < 4.78 is 0. The first kappa shape index (κ1) is 14.9. The van der Waals surface area contributed by atoms with Crippen molar-refractivity contribution < 1.29 is 0 Å². The van der Waals surface area contributed by atoms with Gasteiger partial charge in [-0.15, -0.1) is 0 Å². The van der Waals surface area contributed by atoms with Crippen LogP contribution in [0, 0.1) is 0 Å². The molecule has 2 N–H and O–H groups in total. The number of H-pyrrole nitrogens is 2. The van der Waals surface area contributed by atoms with Gasteiger partial charge in [-0.25, -0.2) is 0 Å². The number of fused-ring (bicyclic) bond motifs is 6. The molecule has 0 fully saturated rings. The van der Waals surface area contributed by atoms with Gasteiger partial charge in [-0.1, -0.05) is 72.4 Å². The zero-order chi connectivity index (χ0) is 17.8. The minimum atomic E-state index is 1.18. The highest BCUT2D eigenvalue weighted by atomic mass is 32.2. The molecular weight excluding hydrogens is 348 g/mol. The van der Waals surface area contributed by atoms with Crippen LogP contribution < -0.4 is 0 Å². The fourth-order valence-corrected chi connectivity index (χ4v) is 5.04. The van der Waals surface area contributed by atoms with Crippen LogP contribution in [0.2, 0.25) is 0 Å². The molecular formula is C24H16N2S. The number of aromatic nitrogens is 2. The Morgan fingerprint density at radius 2 is 0.889 bits per heavy atom. The first-order valence-electron chi connectivity index (χ1n) is 9.05. The van der Waals surface area contributed by atoms with Crippen LogP contribution in [0.5, 0.6) is 0 Å². The Morgan fingerprint density at radius 1 is 0.444 bits per heavy atom. The van der Waals surface area contributed by atoms with Crippen molar-refractivity contribution in [2.75, 3.05) is 0 Å². The van der Waals surface area contributed by atoms with E-state index in [4.69, 9.17) is 0 Å².